The van der Waals surface area contributed by atoms with Gasteiger partial charge >= 0.3 is 0 Å². The van der Waals surface area contributed by atoms with Gasteiger partial charge in [-0.05, 0) is 49.0 Å². The highest BCUT2D eigenvalue weighted by atomic mass is 16.1. The molecule has 1 heterocycles. The van der Waals surface area contributed by atoms with Crippen molar-refractivity contribution in [1.29, 1.82) is 0 Å². The Bertz CT molecular complexity index is 705. The molecule has 0 saturated heterocycles. The van der Waals surface area contributed by atoms with Crippen LogP contribution in [0.25, 0.3) is 5.70 Å². The number of carbonyl (C=O) groups excluding carboxylic acids is 1. The Morgan fingerprint density at radius 1 is 1.04 bits per heavy atom. The second kappa shape index (κ2) is 5.91. The third-order valence-electron chi connectivity index (χ3n) is 4.98. The molecule has 2 nitrogen and oxygen atoms in total. The first-order valence-corrected chi connectivity index (χ1v) is 8.56. The summed E-state index contributed by atoms with van der Waals surface area (Å²) >= 11 is 0. The number of benzene rings is 1. The quantitative estimate of drug-likeness (QED) is 0.881. The zero-order chi connectivity index (χ0) is 16.7. The van der Waals surface area contributed by atoms with Crippen molar-refractivity contribution >= 4 is 11.5 Å². The fourth-order valence-corrected chi connectivity index (χ4v) is 3.91. The van der Waals surface area contributed by atoms with Crippen molar-refractivity contribution in [2.24, 2.45) is 11.3 Å². The third kappa shape index (κ3) is 2.83. The van der Waals surface area contributed by atoms with Crippen LogP contribution in [0.2, 0.25) is 0 Å². The third-order valence-corrected chi connectivity index (χ3v) is 4.98. The highest BCUT2D eigenvalue weighted by Crippen LogP contribution is 2.46. The standard InChI is InChI=1S/C22H22NO/c1-22(2)13-19-21(20(24)14-22)17(15-8-6-7-9-15)12-18(23-19)16-10-4-3-5-11-16/h3-12,17,23H,13-14H2,1-2H3. The Balaban J connectivity index is 1.76. The van der Waals surface area contributed by atoms with Crippen LogP contribution in [-0.4, -0.2) is 5.78 Å². The Labute approximate surface area is 145 Å². The Morgan fingerprint density at radius 3 is 2.46 bits per heavy atom. The molecule has 0 amide bonds. The van der Waals surface area contributed by atoms with Crippen molar-refractivity contribution < 1.29 is 4.79 Å². The lowest BCUT2D eigenvalue weighted by molar-refractivity contribution is -0.118. The summed E-state index contributed by atoms with van der Waals surface area (Å²) in [6.07, 6.45) is 12.1. The van der Waals surface area contributed by atoms with E-state index in [1.807, 2.05) is 18.9 Å². The summed E-state index contributed by atoms with van der Waals surface area (Å²) in [5.41, 5.74) is 4.34. The van der Waals surface area contributed by atoms with E-state index in [0.717, 1.165) is 29.0 Å². The number of carbonyl (C=O) groups is 1. The zero-order valence-electron chi connectivity index (χ0n) is 14.2. The van der Waals surface area contributed by atoms with Gasteiger partial charge in [-0.25, -0.2) is 0 Å². The van der Waals surface area contributed by atoms with Crippen LogP contribution in [0.15, 0.2) is 47.7 Å². The lowest BCUT2D eigenvalue weighted by atomic mass is 9.69. The van der Waals surface area contributed by atoms with Gasteiger partial charge in [-0.2, -0.15) is 0 Å². The van der Waals surface area contributed by atoms with Gasteiger partial charge in [-0.3, -0.25) is 4.79 Å². The van der Waals surface area contributed by atoms with Gasteiger partial charge < -0.3 is 5.32 Å². The van der Waals surface area contributed by atoms with E-state index >= 15 is 0 Å². The summed E-state index contributed by atoms with van der Waals surface area (Å²) in [4.78, 5) is 12.9. The van der Waals surface area contributed by atoms with Gasteiger partial charge in [0.2, 0.25) is 0 Å². The van der Waals surface area contributed by atoms with Crippen molar-refractivity contribution in [1.82, 2.24) is 5.32 Å². The average Bonchev–Trinajstić information content (AvgIpc) is 3.07. The molecule has 121 valence electrons. The molecule has 1 aliphatic heterocycles. The van der Waals surface area contributed by atoms with E-state index in [9.17, 15) is 4.79 Å². The molecule has 0 spiro atoms. The number of hydrogen-bond donors (Lipinski definition) is 1. The Hall–Kier alpha value is -1.83. The number of allylic oxidation sites excluding steroid dienone is 3. The second-order valence-electron chi connectivity index (χ2n) is 7.60. The van der Waals surface area contributed by atoms with Gasteiger partial charge in [0, 0.05) is 29.3 Å². The van der Waals surface area contributed by atoms with E-state index in [2.05, 4.69) is 62.3 Å². The summed E-state index contributed by atoms with van der Waals surface area (Å²) in [6.45, 7) is 4.35. The molecule has 1 atom stereocenters. The van der Waals surface area contributed by atoms with Crippen LogP contribution >= 0.6 is 0 Å². The molecule has 1 aromatic rings. The zero-order valence-corrected chi connectivity index (χ0v) is 14.2. The molecule has 2 aliphatic carbocycles. The number of ketones is 1. The number of rotatable bonds is 2. The summed E-state index contributed by atoms with van der Waals surface area (Å²) in [6, 6.07) is 10.4. The molecule has 0 bridgehead atoms. The van der Waals surface area contributed by atoms with E-state index in [1.54, 1.807) is 0 Å². The van der Waals surface area contributed by atoms with Crippen molar-refractivity contribution in [2.45, 2.75) is 26.7 Å². The molecule has 1 saturated carbocycles. The largest absolute Gasteiger partial charge is 0.358 e. The summed E-state index contributed by atoms with van der Waals surface area (Å²) in [5, 5.41) is 3.57. The van der Waals surface area contributed by atoms with Crippen LogP contribution in [0.3, 0.4) is 0 Å². The molecule has 1 fully saturated rings. The Morgan fingerprint density at radius 2 is 1.75 bits per heavy atom. The fraction of sp³-hybridized carbons (Fsp3) is 0.273. The molecular weight excluding hydrogens is 294 g/mol. The molecule has 4 rings (SSSR count). The van der Waals surface area contributed by atoms with Crippen LogP contribution in [0, 0.1) is 42.9 Å². The first-order valence-electron chi connectivity index (χ1n) is 8.56. The first kappa shape index (κ1) is 15.7. The van der Waals surface area contributed by atoms with Crippen molar-refractivity contribution in [3.05, 3.63) is 84.8 Å². The van der Waals surface area contributed by atoms with Crippen LogP contribution in [0.5, 0.6) is 0 Å². The Kier molecular flexibility index (Phi) is 3.86. The van der Waals surface area contributed by atoms with Crippen LogP contribution in [-0.2, 0) is 4.79 Å². The number of hydrogen-bond acceptors (Lipinski definition) is 2. The minimum absolute atomic E-state index is 0.0125. The average molecular weight is 316 g/mol. The fourth-order valence-electron chi connectivity index (χ4n) is 3.91. The van der Waals surface area contributed by atoms with Gasteiger partial charge in [-0.1, -0.05) is 50.3 Å². The van der Waals surface area contributed by atoms with Crippen LogP contribution < -0.4 is 5.32 Å². The van der Waals surface area contributed by atoms with E-state index in [1.165, 1.54) is 5.92 Å². The van der Waals surface area contributed by atoms with Gasteiger partial charge in [-0.15, -0.1) is 0 Å². The highest BCUT2D eigenvalue weighted by molar-refractivity contribution is 6.00. The first-order chi connectivity index (χ1) is 11.5. The topological polar surface area (TPSA) is 29.1 Å². The molecule has 2 heteroatoms. The molecule has 1 unspecified atom stereocenters. The summed E-state index contributed by atoms with van der Waals surface area (Å²) < 4.78 is 0. The molecule has 1 N–H and O–H groups in total. The molecule has 3 aliphatic rings. The van der Waals surface area contributed by atoms with E-state index < -0.39 is 0 Å². The van der Waals surface area contributed by atoms with Gasteiger partial charge in [0.15, 0.2) is 5.78 Å². The smallest absolute Gasteiger partial charge is 0.161 e. The minimum atomic E-state index is 0.0125. The van der Waals surface area contributed by atoms with Gasteiger partial charge in [0.05, 0.1) is 0 Å². The highest BCUT2D eigenvalue weighted by Gasteiger charge is 2.41. The second-order valence-corrected chi connectivity index (χ2v) is 7.60. The van der Waals surface area contributed by atoms with E-state index in [-0.39, 0.29) is 17.1 Å². The summed E-state index contributed by atoms with van der Waals surface area (Å²) in [5.74, 6) is 1.53. The van der Waals surface area contributed by atoms with Gasteiger partial charge in [0.1, 0.15) is 0 Å². The maximum Gasteiger partial charge on any atom is 0.161 e. The van der Waals surface area contributed by atoms with Crippen molar-refractivity contribution in [3.8, 4) is 0 Å². The number of Topliss-reactive ketones (excluding diaryl/α,β-unsaturated/α-hetero) is 1. The number of dihydropyridines is 1. The number of nitrogens with one attached hydrogen (secondary N) is 1. The molecule has 24 heavy (non-hydrogen) atoms. The summed E-state index contributed by atoms with van der Waals surface area (Å²) in [7, 11) is 0. The molecule has 1 aromatic carbocycles. The normalized spacial score (nSPS) is 26.8. The molecule has 5 radical (unpaired) electrons. The molecular formula is C22H22NO. The van der Waals surface area contributed by atoms with E-state index in [0.29, 0.717) is 6.42 Å². The van der Waals surface area contributed by atoms with Crippen molar-refractivity contribution in [3.63, 3.8) is 0 Å². The maximum absolute atomic E-state index is 12.9. The predicted octanol–water partition coefficient (Wildman–Crippen LogP) is 4.30. The lowest BCUT2D eigenvalue weighted by Gasteiger charge is -2.39. The monoisotopic (exact) mass is 316 g/mol. The lowest BCUT2D eigenvalue weighted by Crippen LogP contribution is -2.37. The van der Waals surface area contributed by atoms with Crippen LogP contribution in [0.1, 0.15) is 32.3 Å². The van der Waals surface area contributed by atoms with Crippen LogP contribution in [0.4, 0.5) is 0 Å². The van der Waals surface area contributed by atoms with Gasteiger partial charge in [0.25, 0.3) is 0 Å². The van der Waals surface area contributed by atoms with Crippen molar-refractivity contribution in [2.75, 3.05) is 0 Å². The SMILES string of the molecule is CC1(C)CC(=O)C2=C(C1)NC(c1ccccc1)=CC2[C]1[CH][CH][CH][CH]1. The maximum atomic E-state index is 12.9. The molecule has 0 aromatic heterocycles. The predicted molar refractivity (Wildman–Crippen MR) is 96.5 cm³/mol. The minimum Gasteiger partial charge on any atom is -0.358 e. The van der Waals surface area contributed by atoms with E-state index in [4.69, 9.17) is 0 Å².